The molecule has 1 amide bonds. The number of hydrazone groups is 1. The number of amides is 1. The Morgan fingerprint density at radius 3 is 2.63 bits per heavy atom. The van der Waals surface area contributed by atoms with Crippen LogP contribution in [0.1, 0.15) is 5.56 Å². The van der Waals surface area contributed by atoms with Crippen LogP contribution < -0.4 is 14.9 Å². The normalized spacial score (nSPS) is 15.3. The van der Waals surface area contributed by atoms with Crippen molar-refractivity contribution in [3.63, 3.8) is 0 Å². The number of non-ortho nitro benzene ring substituents is 1. The fourth-order valence-electron chi connectivity index (χ4n) is 2.93. The van der Waals surface area contributed by atoms with Gasteiger partial charge in [0.1, 0.15) is 12.4 Å². The average Bonchev–Trinajstić information content (AvgIpc) is 2.74. The van der Waals surface area contributed by atoms with Gasteiger partial charge >= 0.3 is 0 Å². The third-order valence-corrected chi connectivity index (χ3v) is 5.04. The second-order valence-corrected chi connectivity index (χ2v) is 7.27. The molecule has 0 aliphatic carbocycles. The van der Waals surface area contributed by atoms with Crippen molar-refractivity contribution in [2.24, 2.45) is 5.10 Å². The van der Waals surface area contributed by atoms with Crippen LogP contribution in [-0.2, 0) is 4.79 Å². The molecule has 1 heterocycles. The third-order valence-electron chi connectivity index (χ3n) is 4.43. The van der Waals surface area contributed by atoms with Crippen LogP contribution in [-0.4, -0.2) is 34.9 Å². The average molecular weight is 472 g/mol. The molecule has 0 aromatic heterocycles. The monoisotopic (exact) mass is 471 g/mol. The summed E-state index contributed by atoms with van der Waals surface area (Å²) in [6, 6.07) is 13.6. The third kappa shape index (κ3) is 3.90. The van der Waals surface area contributed by atoms with Crippen molar-refractivity contribution < 1.29 is 24.3 Å². The first-order chi connectivity index (χ1) is 14.4. The number of nitrogens with one attached hydrogen (secondary N) is 1. The zero-order valence-electron chi connectivity index (χ0n) is 15.2. The summed E-state index contributed by atoms with van der Waals surface area (Å²) in [6.45, 7) is 0.000298. The summed E-state index contributed by atoms with van der Waals surface area (Å²) in [4.78, 5) is 22.7. The number of nitrogens with zero attached hydrogens (tertiary/aromatic N) is 2. The smallest absolute Gasteiger partial charge is 0.284 e. The number of nitro groups is 1. The minimum absolute atomic E-state index is 0.000298. The van der Waals surface area contributed by atoms with E-state index < -0.39 is 16.9 Å². The van der Waals surface area contributed by atoms with Crippen molar-refractivity contribution in [3.8, 4) is 17.2 Å². The molecule has 1 aliphatic heterocycles. The molecule has 0 unspecified atom stereocenters. The van der Waals surface area contributed by atoms with Crippen LogP contribution in [0.4, 0.5) is 5.69 Å². The van der Waals surface area contributed by atoms with E-state index in [0.29, 0.717) is 11.5 Å². The Morgan fingerprint density at radius 1 is 1.23 bits per heavy atom. The van der Waals surface area contributed by atoms with Gasteiger partial charge in [0.05, 0.1) is 15.6 Å². The summed E-state index contributed by atoms with van der Waals surface area (Å²) in [5.41, 5.74) is 2.12. The molecule has 30 heavy (non-hydrogen) atoms. The Bertz CT molecular complexity index is 1200. The van der Waals surface area contributed by atoms with E-state index in [1.54, 1.807) is 6.07 Å². The number of phenolic OH excluding ortho intramolecular Hbond substituents is 1. The quantitative estimate of drug-likeness (QED) is 0.341. The van der Waals surface area contributed by atoms with Crippen molar-refractivity contribution >= 4 is 44.5 Å². The van der Waals surface area contributed by atoms with Crippen LogP contribution in [0.15, 0.2) is 58.1 Å². The van der Waals surface area contributed by atoms with E-state index in [1.807, 2.05) is 30.3 Å². The van der Waals surface area contributed by atoms with Crippen molar-refractivity contribution in [2.45, 2.75) is 6.10 Å². The maximum atomic E-state index is 12.4. The lowest BCUT2D eigenvalue weighted by Crippen LogP contribution is -2.42. The van der Waals surface area contributed by atoms with Gasteiger partial charge in [-0.3, -0.25) is 14.9 Å². The number of hydrogen-bond donors (Lipinski definition) is 2. The fraction of sp³-hybridized carbons (Fsp3) is 0.100. The van der Waals surface area contributed by atoms with E-state index in [1.165, 1.54) is 6.07 Å². The molecule has 0 radical (unpaired) electrons. The number of nitro benzene ring substituents is 1. The van der Waals surface area contributed by atoms with Gasteiger partial charge in [-0.25, -0.2) is 5.43 Å². The summed E-state index contributed by atoms with van der Waals surface area (Å²) in [5, 5.41) is 26.6. The van der Waals surface area contributed by atoms with Crippen molar-refractivity contribution in [1.82, 2.24) is 5.43 Å². The van der Waals surface area contributed by atoms with E-state index in [9.17, 15) is 20.0 Å². The first-order valence-corrected chi connectivity index (χ1v) is 9.54. The largest absolute Gasteiger partial charge is 0.506 e. The molecule has 9 nitrogen and oxygen atoms in total. The topological polar surface area (TPSA) is 123 Å². The summed E-state index contributed by atoms with van der Waals surface area (Å²) in [7, 11) is 0. The van der Waals surface area contributed by atoms with E-state index in [4.69, 9.17) is 9.47 Å². The van der Waals surface area contributed by atoms with Gasteiger partial charge in [-0.15, -0.1) is 0 Å². The highest BCUT2D eigenvalue weighted by molar-refractivity contribution is 9.10. The van der Waals surface area contributed by atoms with Gasteiger partial charge < -0.3 is 14.6 Å². The van der Waals surface area contributed by atoms with Gasteiger partial charge in [0.25, 0.3) is 11.6 Å². The Labute approximate surface area is 178 Å². The molecule has 152 valence electrons. The van der Waals surface area contributed by atoms with E-state index in [0.717, 1.165) is 23.1 Å². The number of carbonyl (C=O) groups excluding carboxylic acids is 1. The zero-order valence-corrected chi connectivity index (χ0v) is 16.8. The van der Waals surface area contributed by atoms with Crippen LogP contribution in [0.5, 0.6) is 17.2 Å². The van der Waals surface area contributed by atoms with Gasteiger partial charge in [0.15, 0.2) is 11.5 Å². The Balaban J connectivity index is 1.46. The summed E-state index contributed by atoms with van der Waals surface area (Å²) >= 11 is 3.04. The minimum Gasteiger partial charge on any atom is -0.506 e. The van der Waals surface area contributed by atoms with Gasteiger partial charge in [-0.2, -0.15) is 5.10 Å². The van der Waals surface area contributed by atoms with Crippen LogP contribution in [0.3, 0.4) is 0 Å². The summed E-state index contributed by atoms with van der Waals surface area (Å²) in [6.07, 6.45) is 0.178. The van der Waals surface area contributed by atoms with Crippen LogP contribution in [0.25, 0.3) is 10.8 Å². The predicted octanol–water partition coefficient (Wildman–Crippen LogP) is 3.51. The lowest BCUT2D eigenvalue weighted by atomic mass is 10.1. The second kappa shape index (κ2) is 7.99. The molecule has 4 rings (SSSR count). The van der Waals surface area contributed by atoms with Gasteiger partial charge in [0.2, 0.25) is 6.10 Å². The number of hydrogen-bond acceptors (Lipinski definition) is 7. The van der Waals surface area contributed by atoms with Crippen molar-refractivity contribution in [1.29, 1.82) is 0 Å². The highest BCUT2D eigenvalue weighted by Crippen LogP contribution is 2.36. The van der Waals surface area contributed by atoms with Gasteiger partial charge in [-0.05, 0) is 38.8 Å². The lowest BCUT2D eigenvalue weighted by molar-refractivity contribution is -0.385. The fourth-order valence-corrected chi connectivity index (χ4v) is 3.40. The highest BCUT2D eigenvalue weighted by Gasteiger charge is 2.27. The number of benzene rings is 3. The van der Waals surface area contributed by atoms with E-state index >= 15 is 0 Å². The maximum absolute atomic E-state index is 12.4. The number of halogens is 1. The van der Waals surface area contributed by atoms with E-state index in [2.05, 4.69) is 26.5 Å². The Kier molecular flexibility index (Phi) is 5.23. The SMILES string of the molecule is O=C(N/N=C\c1cc([N+](=O)[O-])cc(Br)c1O)[C@@H]1COc2cc3ccccc3cc2O1. The predicted molar refractivity (Wildman–Crippen MR) is 112 cm³/mol. The number of fused-ring (bicyclic) bond motifs is 2. The van der Waals surface area contributed by atoms with Crippen LogP contribution in [0, 0.1) is 10.1 Å². The second-order valence-electron chi connectivity index (χ2n) is 6.42. The first-order valence-electron chi connectivity index (χ1n) is 8.74. The molecule has 1 aliphatic rings. The van der Waals surface area contributed by atoms with E-state index in [-0.39, 0.29) is 28.1 Å². The number of phenols is 1. The van der Waals surface area contributed by atoms with Crippen molar-refractivity contribution in [2.75, 3.05) is 6.61 Å². The first kappa shape index (κ1) is 19.6. The van der Waals surface area contributed by atoms with Crippen molar-refractivity contribution in [3.05, 3.63) is 68.7 Å². The molecular formula is C20H14BrN3O6. The molecule has 0 saturated heterocycles. The molecular weight excluding hydrogens is 458 g/mol. The molecule has 3 aromatic carbocycles. The standard InChI is InChI=1S/C20H14BrN3O6/c21-15-8-14(24(27)28)5-13(19(15)25)9-22-23-20(26)18-10-29-16-6-11-3-1-2-4-12(11)7-17(16)30-18/h1-9,18,25H,10H2,(H,23,26)/b22-9-/t18-/m0/s1. The zero-order chi connectivity index (χ0) is 21.3. The Hall–Kier alpha value is -3.66. The molecule has 2 N–H and O–H groups in total. The molecule has 1 atom stereocenters. The molecule has 3 aromatic rings. The molecule has 0 spiro atoms. The minimum atomic E-state index is -0.929. The van der Waals surface area contributed by atoms with Gasteiger partial charge in [-0.1, -0.05) is 24.3 Å². The number of carbonyl (C=O) groups is 1. The summed E-state index contributed by atoms with van der Waals surface area (Å²) < 4.78 is 11.5. The van der Waals surface area contributed by atoms with Crippen LogP contribution in [0.2, 0.25) is 0 Å². The molecule has 0 saturated carbocycles. The maximum Gasteiger partial charge on any atom is 0.284 e. The summed E-state index contributed by atoms with van der Waals surface area (Å²) in [5.74, 6) is 0.197. The lowest BCUT2D eigenvalue weighted by Gasteiger charge is -2.25. The number of rotatable bonds is 4. The molecule has 0 bridgehead atoms. The Morgan fingerprint density at radius 2 is 1.93 bits per heavy atom. The molecule has 0 fully saturated rings. The molecule has 10 heteroatoms. The number of aromatic hydroxyl groups is 1. The number of ether oxygens (including phenoxy) is 2. The van der Waals surface area contributed by atoms with Gasteiger partial charge in [0, 0.05) is 17.7 Å². The van der Waals surface area contributed by atoms with Crippen LogP contribution >= 0.6 is 15.9 Å². The highest BCUT2D eigenvalue weighted by atomic mass is 79.9.